The number of anilines is 1. The van der Waals surface area contributed by atoms with Crippen molar-refractivity contribution in [3.8, 4) is 0 Å². The van der Waals surface area contributed by atoms with E-state index in [-0.39, 0.29) is 24.0 Å². The van der Waals surface area contributed by atoms with Gasteiger partial charge in [0, 0.05) is 44.7 Å². The van der Waals surface area contributed by atoms with Gasteiger partial charge in [0.05, 0.1) is 12.1 Å². The zero-order valence-electron chi connectivity index (χ0n) is 17.2. The smallest absolute Gasteiger partial charge is 0.194 e. The molecule has 2 fully saturated rings. The molecule has 0 aliphatic carbocycles. The van der Waals surface area contributed by atoms with Crippen molar-refractivity contribution in [1.29, 1.82) is 0 Å². The molecule has 0 amide bonds. The topological polar surface area (TPSA) is 51.1 Å². The summed E-state index contributed by atoms with van der Waals surface area (Å²) in [6.45, 7) is 6.54. The summed E-state index contributed by atoms with van der Waals surface area (Å²) < 4.78 is 0. The van der Waals surface area contributed by atoms with Crippen molar-refractivity contribution in [2.75, 3.05) is 49.6 Å². The predicted molar refractivity (Wildman–Crippen MR) is 132 cm³/mol. The lowest BCUT2D eigenvalue weighted by Crippen LogP contribution is -2.41. The number of aliphatic hydroxyl groups is 1. The maximum atomic E-state index is 10.6. The molecule has 0 bridgehead atoms. The van der Waals surface area contributed by atoms with Gasteiger partial charge in [-0.2, -0.15) is 11.8 Å². The van der Waals surface area contributed by atoms with E-state index in [9.17, 15) is 5.11 Å². The van der Waals surface area contributed by atoms with Crippen molar-refractivity contribution in [3.63, 3.8) is 0 Å². The van der Waals surface area contributed by atoms with Crippen molar-refractivity contribution in [3.05, 3.63) is 29.8 Å². The largest absolute Gasteiger partial charge is 0.387 e. The summed E-state index contributed by atoms with van der Waals surface area (Å²) in [5.41, 5.74) is 1.98. The van der Waals surface area contributed by atoms with E-state index in [2.05, 4.69) is 53.4 Å². The molecule has 1 aromatic carbocycles. The molecule has 158 valence electrons. The standard InChI is InChI=1S/C21H34N4OS.HI/c1-3-22-20(23-16-21(26)11-14-27-17-21)24(2)15-18-7-9-19(10-8-18)25-12-5-4-6-13-25;/h7-10,26H,3-6,11-17H2,1-2H3,(H,22,23);1H. The molecule has 5 nitrogen and oxygen atoms in total. The number of thioether (sulfide) groups is 1. The number of piperidine rings is 1. The molecule has 1 atom stereocenters. The van der Waals surface area contributed by atoms with E-state index in [1.165, 1.54) is 43.6 Å². The second-order valence-corrected chi connectivity index (χ2v) is 8.87. The lowest BCUT2D eigenvalue weighted by Gasteiger charge is -2.29. The van der Waals surface area contributed by atoms with E-state index >= 15 is 0 Å². The van der Waals surface area contributed by atoms with Crippen LogP contribution in [0.1, 0.15) is 38.2 Å². The molecule has 1 aromatic rings. The highest BCUT2D eigenvalue weighted by Gasteiger charge is 2.31. The lowest BCUT2D eigenvalue weighted by molar-refractivity contribution is 0.0776. The van der Waals surface area contributed by atoms with Crippen molar-refractivity contribution in [2.24, 2.45) is 4.99 Å². The Morgan fingerprint density at radius 1 is 1.25 bits per heavy atom. The number of halogens is 1. The van der Waals surface area contributed by atoms with E-state index in [1.807, 2.05) is 11.8 Å². The average molecular weight is 519 g/mol. The van der Waals surface area contributed by atoms with Crippen LogP contribution in [0.3, 0.4) is 0 Å². The molecule has 2 aliphatic heterocycles. The van der Waals surface area contributed by atoms with Gasteiger partial charge in [-0.1, -0.05) is 12.1 Å². The van der Waals surface area contributed by atoms with Gasteiger partial charge < -0.3 is 20.2 Å². The van der Waals surface area contributed by atoms with Crippen molar-refractivity contribution in [1.82, 2.24) is 10.2 Å². The maximum absolute atomic E-state index is 10.6. The molecule has 1 unspecified atom stereocenters. The number of benzene rings is 1. The Morgan fingerprint density at radius 2 is 1.96 bits per heavy atom. The van der Waals surface area contributed by atoms with Gasteiger partial charge in [0.2, 0.25) is 0 Å². The molecule has 0 saturated carbocycles. The van der Waals surface area contributed by atoms with Crippen molar-refractivity contribution >= 4 is 47.4 Å². The van der Waals surface area contributed by atoms with Gasteiger partial charge in [-0.3, -0.25) is 4.99 Å². The van der Waals surface area contributed by atoms with Gasteiger partial charge in [0.15, 0.2) is 5.96 Å². The Kier molecular flexibility index (Phi) is 9.69. The van der Waals surface area contributed by atoms with Crippen LogP contribution in [0.5, 0.6) is 0 Å². The Balaban J connectivity index is 0.00000280. The fourth-order valence-corrected chi connectivity index (χ4v) is 5.01. The van der Waals surface area contributed by atoms with Crippen LogP contribution in [-0.2, 0) is 6.54 Å². The number of guanidine groups is 1. The molecule has 28 heavy (non-hydrogen) atoms. The lowest BCUT2D eigenvalue weighted by atomic mass is 10.0. The molecule has 2 N–H and O–H groups in total. The molecule has 3 rings (SSSR count). The van der Waals surface area contributed by atoms with Crippen molar-refractivity contribution < 1.29 is 5.11 Å². The van der Waals surface area contributed by atoms with Crippen LogP contribution < -0.4 is 10.2 Å². The van der Waals surface area contributed by atoms with Crippen LogP contribution in [0.4, 0.5) is 5.69 Å². The number of hydrogen-bond donors (Lipinski definition) is 2. The Morgan fingerprint density at radius 3 is 2.57 bits per heavy atom. The molecule has 2 aliphatic rings. The first-order valence-electron chi connectivity index (χ1n) is 10.2. The summed E-state index contributed by atoms with van der Waals surface area (Å²) >= 11 is 1.81. The fourth-order valence-electron chi connectivity index (χ4n) is 3.73. The summed E-state index contributed by atoms with van der Waals surface area (Å²) in [6.07, 6.45) is 4.80. The third kappa shape index (κ3) is 6.69. The molecule has 0 aromatic heterocycles. The minimum Gasteiger partial charge on any atom is -0.387 e. The number of aliphatic imine (C=N–C) groups is 1. The van der Waals surface area contributed by atoms with E-state index in [0.717, 1.165) is 37.0 Å². The van der Waals surface area contributed by atoms with Gasteiger partial charge in [-0.15, -0.1) is 24.0 Å². The van der Waals surface area contributed by atoms with Crippen molar-refractivity contribution in [2.45, 2.75) is 44.8 Å². The second kappa shape index (κ2) is 11.5. The second-order valence-electron chi connectivity index (χ2n) is 7.77. The van der Waals surface area contributed by atoms with E-state index in [4.69, 9.17) is 4.99 Å². The quantitative estimate of drug-likeness (QED) is 0.343. The molecule has 2 heterocycles. The van der Waals surface area contributed by atoms with E-state index < -0.39 is 5.60 Å². The fraction of sp³-hybridized carbons (Fsp3) is 0.667. The summed E-state index contributed by atoms with van der Waals surface area (Å²) in [5.74, 6) is 2.68. The van der Waals surface area contributed by atoms with Gasteiger partial charge >= 0.3 is 0 Å². The average Bonchev–Trinajstić information content (AvgIpc) is 3.13. The number of hydrogen-bond acceptors (Lipinski definition) is 4. The van der Waals surface area contributed by atoms with Gasteiger partial charge in [0.1, 0.15) is 0 Å². The summed E-state index contributed by atoms with van der Waals surface area (Å²) in [4.78, 5) is 9.35. The molecule has 0 radical (unpaired) electrons. The molecule has 0 spiro atoms. The third-order valence-corrected chi connectivity index (χ3v) is 6.61. The maximum Gasteiger partial charge on any atom is 0.194 e. The minimum atomic E-state index is -0.637. The van der Waals surface area contributed by atoms with Crippen LogP contribution in [-0.4, -0.2) is 66.3 Å². The van der Waals surface area contributed by atoms with E-state index in [0.29, 0.717) is 6.54 Å². The highest BCUT2D eigenvalue weighted by molar-refractivity contribution is 14.0. The Labute approximate surface area is 191 Å². The predicted octanol–water partition coefficient (Wildman–Crippen LogP) is 3.56. The van der Waals surface area contributed by atoms with Crippen LogP contribution in [0, 0.1) is 0 Å². The highest BCUT2D eigenvalue weighted by Crippen LogP contribution is 2.28. The van der Waals surface area contributed by atoms with Crippen LogP contribution in [0.25, 0.3) is 0 Å². The van der Waals surface area contributed by atoms with Gasteiger partial charge in [0.25, 0.3) is 0 Å². The summed E-state index contributed by atoms with van der Waals surface area (Å²) in [5, 5.41) is 13.9. The minimum absolute atomic E-state index is 0. The normalized spacial score (nSPS) is 22.7. The molecule has 7 heteroatoms. The molecular formula is C21H35IN4OS. The molecule has 2 saturated heterocycles. The van der Waals surface area contributed by atoms with E-state index in [1.54, 1.807) is 0 Å². The Bertz CT molecular complexity index is 613. The van der Waals surface area contributed by atoms with Gasteiger partial charge in [-0.25, -0.2) is 0 Å². The number of nitrogens with one attached hydrogen (secondary N) is 1. The van der Waals surface area contributed by atoms with Gasteiger partial charge in [-0.05, 0) is 56.1 Å². The monoisotopic (exact) mass is 518 g/mol. The Hall–Kier alpha value is -0.670. The first-order chi connectivity index (χ1) is 13.1. The van der Waals surface area contributed by atoms with Crippen LogP contribution in [0.2, 0.25) is 0 Å². The molecular weight excluding hydrogens is 483 g/mol. The number of nitrogens with zero attached hydrogens (tertiary/aromatic N) is 3. The zero-order chi connectivity index (χ0) is 19.1. The summed E-state index contributed by atoms with van der Waals surface area (Å²) in [6, 6.07) is 8.95. The third-order valence-electron chi connectivity index (χ3n) is 5.38. The SMILES string of the molecule is CCNC(=NCC1(O)CCSC1)N(C)Cc1ccc(N2CCCCC2)cc1.I. The van der Waals surface area contributed by atoms with Crippen LogP contribution in [0.15, 0.2) is 29.3 Å². The first kappa shape index (κ1) is 23.6. The first-order valence-corrected chi connectivity index (χ1v) is 11.4. The number of rotatable bonds is 6. The van der Waals surface area contributed by atoms with Crippen LogP contribution >= 0.6 is 35.7 Å². The zero-order valence-corrected chi connectivity index (χ0v) is 20.3. The summed E-state index contributed by atoms with van der Waals surface area (Å²) in [7, 11) is 2.06. The highest BCUT2D eigenvalue weighted by atomic mass is 127.